The van der Waals surface area contributed by atoms with Gasteiger partial charge in [-0.3, -0.25) is 9.69 Å². The van der Waals surface area contributed by atoms with Crippen LogP contribution in [0.1, 0.15) is 58.2 Å². The second-order valence-electron chi connectivity index (χ2n) is 8.68. The van der Waals surface area contributed by atoms with Gasteiger partial charge in [0.2, 0.25) is 0 Å². The van der Waals surface area contributed by atoms with Crippen molar-refractivity contribution < 1.29 is 4.79 Å². The number of rotatable bonds is 4. The van der Waals surface area contributed by atoms with Crippen LogP contribution in [-0.2, 0) is 11.2 Å². The highest BCUT2D eigenvalue weighted by molar-refractivity contribution is 5.78. The molecule has 1 aromatic heterocycles. The van der Waals surface area contributed by atoms with Crippen molar-refractivity contribution in [3.63, 3.8) is 0 Å². The number of hydrogen-bond donors (Lipinski definition) is 0. The number of carbonyl (C=O) groups excluding carboxylic acids is 1. The molecule has 1 aromatic rings. The lowest BCUT2D eigenvalue weighted by atomic mass is 9.56. The van der Waals surface area contributed by atoms with Crippen molar-refractivity contribution in [1.82, 2.24) is 14.9 Å². The van der Waals surface area contributed by atoms with Crippen LogP contribution in [0.15, 0.2) is 12.4 Å². The fraction of sp³-hybridized carbons (Fsp3) is 0.762. The summed E-state index contributed by atoms with van der Waals surface area (Å²) < 4.78 is 0. The van der Waals surface area contributed by atoms with Crippen molar-refractivity contribution in [2.24, 2.45) is 11.3 Å². The largest absolute Gasteiger partial charge is 0.366 e. The molecule has 26 heavy (non-hydrogen) atoms. The van der Waals surface area contributed by atoms with Gasteiger partial charge in [0.05, 0.1) is 18.1 Å². The van der Waals surface area contributed by atoms with Gasteiger partial charge in [-0.25, -0.2) is 9.97 Å². The highest BCUT2D eigenvalue weighted by Crippen LogP contribution is 2.54. The van der Waals surface area contributed by atoms with Gasteiger partial charge in [0, 0.05) is 44.6 Å². The number of Topliss-reactive ketones (excluding diaryl/α,β-unsaturated/α-hetero) is 1. The fourth-order valence-corrected chi connectivity index (χ4v) is 5.28. The van der Waals surface area contributed by atoms with E-state index in [-0.39, 0.29) is 0 Å². The molecule has 0 amide bonds. The number of carbonyl (C=O) groups is 1. The Morgan fingerprint density at radius 3 is 2.27 bits per heavy atom. The Kier molecular flexibility index (Phi) is 5.00. The molecule has 2 heterocycles. The van der Waals surface area contributed by atoms with E-state index in [1.54, 1.807) is 6.92 Å². The van der Waals surface area contributed by atoms with E-state index in [0.717, 1.165) is 63.0 Å². The minimum atomic E-state index is 0.351. The minimum Gasteiger partial charge on any atom is -0.366 e. The van der Waals surface area contributed by atoms with E-state index < -0.39 is 0 Å². The summed E-state index contributed by atoms with van der Waals surface area (Å²) in [6.07, 6.45) is 12.4. The number of aryl methyl sites for hydroxylation is 1. The Morgan fingerprint density at radius 2 is 1.73 bits per heavy atom. The third-order valence-corrected chi connectivity index (χ3v) is 7.16. The third kappa shape index (κ3) is 3.51. The number of aromatic nitrogens is 2. The lowest BCUT2D eigenvalue weighted by Crippen LogP contribution is -2.57. The molecule has 2 saturated carbocycles. The van der Waals surface area contributed by atoms with Gasteiger partial charge in [0.25, 0.3) is 0 Å². The van der Waals surface area contributed by atoms with E-state index in [1.165, 1.54) is 25.7 Å². The lowest BCUT2D eigenvalue weighted by Gasteiger charge is -2.56. The summed E-state index contributed by atoms with van der Waals surface area (Å²) in [6.45, 7) is 8.30. The molecule has 1 spiro atoms. The maximum atomic E-state index is 11.6. The van der Waals surface area contributed by atoms with Crippen molar-refractivity contribution in [3.05, 3.63) is 18.2 Å². The predicted octanol–water partition coefficient (Wildman–Crippen LogP) is 3.09. The number of anilines is 1. The lowest BCUT2D eigenvalue weighted by molar-refractivity contribution is -0.124. The first-order chi connectivity index (χ1) is 12.6. The molecular formula is C21H32N4O. The third-order valence-electron chi connectivity index (χ3n) is 7.16. The SMILES string of the molecule is CCc1ncc(N2CCN(C3CC4(CCC(C(C)=O)CC4)C3)CC2)cn1. The summed E-state index contributed by atoms with van der Waals surface area (Å²) >= 11 is 0. The van der Waals surface area contributed by atoms with Crippen LogP contribution in [-0.4, -0.2) is 52.9 Å². The molecule has 3 aliphatic rings. The second kappa shape index (κ2) is 7.26. The number of nitrogens with zero attached hydrogens (tertiary/aromatic N) is 4. The summed E-state index contributed by atoms with van der Waals surface area (Å²) in [5.41, 5.74) is 1.73. The highest BCUT2D eigenvalue weighted by Gasteiger charge is 2.48. The minimum absolute atomic E-state index is 0.351. The molecule has 1 saturated heterocycles. The van der Waals surface area contributed by atoms with E-state index in [0.29, 0.717) is 17.1 Å². The molecule has 5 heteroatoms. The quantitative estimate of drug-likeness (QED) is 0.830. The molecule has 5 nitrogen and oxygen atoms in total. The average Bonchev–Trinajstić information content (AvgIpc) is 2.66. The summed E-state index contributed by atoms with van der Waals surface area (Å²) in [7, 11) is 0. The van der Waals surface area contributed by atoms with E-state index in [4.69, 9.17) is 0 Å². The Hall–Kier alpha value is -1.49. The zero-order valence-electron chi connectivity index (χ0n) is 16.3. The topological polar surface area (TPSA) is 49.3 Å². The maximum Gasteiger partial charge on any atom is 0.132 e. The highest BCUT2D eigenvalue weighted by atomic mass is 16.1. The fourth-order valence-electron chi connectivity index (χ4n) is 5.28. The zero-order valence-corrected chi connectivity index (χ0v) is 16.3. The number of hydrogen-bond acceptors (Lipinski definition) is 5. The zero-order chi connectivity index (χ0) is 18.1. The normalized spacial score (nSPS) is 32.5. The average molecular weight is 357 g/mol. The summed E-state index contributed by atoms with van der Waals surface area (Å²) in [5.74, 6) is 1.68. The summed E-state index contributed by atoms with van der Waals surface area (Å²) in [6, 6.07) is 0.768. The predicted molar refractivity (Wildman–Crippen MR) is 103 cm³/mol. The molecule has 0 unspecified atom stereocenters. The maximum absolute atomic E-state index is 11.6. The monoisotopic (exact) mass is 356 g/mol. The smallest absolute Gasteiger partial charge is 0.132 e. The molecular weight excluding hydrogens is 324 g/mol. The first kappa shape index (κ1) is 17.9. The molecule has 4 rings (SSSR count). The van der Waals surface area contributed by atoms with Gasteiger partial charge in [-0.1, -0.05) is 6.92 Å². The number of ketones is 1. The molecule has 0 bridgehead atoms. The van der Waals surface area contributed by atoms with Crippen molar-refractivity contribution in [2.75, 3.05) is 31.1 Å². The molecule has 0 atom stereocenters. The van der Waals surface area contributed by atoms with Gasteiger partial charge < -0.3 is 4.90 Å². The molecule has 142 valence electrons. The van der Waals surface area contributed by atoms with Crippen molar-refractivity contribution in [3.8, 4) is 0 Å². The van der Waals surface area contributed by atoms with E-state index >= 15 is 0 Å². The van der Waals surface area contributed by atoms with E-state index in [9.17, 15) is 4.79 Å². The molecule has 3 fully saturated rings. The molecule has 2 aliphatic carbocycles. The van der Waals surface area contributed by atoms with Crippen LogP contribution < -0.4 is 4.90 Å². The second-order valence-corrected chi connectivity index (χ2v) is 8.68. The van der Waals surface area contributed by atoms with Crippen LogP contribution in [0.4, 0.5) is 5.69 Å². The number of piperazine rings is 1. The Labute approximate surface area is 157 Å². The van der Waals surface area contributed by atoms with Gasteiger partial charge in [0.1, 0.15) is 11.6 Å². The van der Waals surface area contributed by atoms with Crippen LogP contribution in [0.25, 0.3) is 0 Å². The summed E-state index contributed by atoms with van der Waals surface area (Å²) in [4.78, 5) is 25.6. The Balaban J connectivity index is 1.24. The van der Waals surface area contributed by atoms with Crippen molar-refractivity contribution >= 4 is 11.5 Å². The van der Waals surface area contributed by atoms with Crippen LogP contribution in [0, 0.1) is 11.3 Å². The van der Waals surface area contributed by atoms with Crippen molar-refractivity contribution in [2.45, 2.75) is 64.8 Å². The van der Waals surface area contributed by atoms with Gasteiger partial charge in [0.15, 0.2) is 0 Å². The Morgan fingerprint density at radius 1 is 1.12 bits per heavy atom. The first-order valence-electron chi connectivity index (χ1n) is 10.4. The van der Waals surface area contributed by atoms with Crippen LogP contribution in [0.3, 0.4) is 0 Å². The van der Waals surface area contributed by atoms with E-state index in [1.807, 2.05) is 12.4 Å². The first-order valence-corrected chi connectivity index (χ1v) is 10.4. The van der Waals surface area contributed by atoms with Gasteiger partial charge >= 0.3 is 0 Å². The van der Waals surface area contributed by atoms with Gasteiger partial charge in [-0.2, -0.15) is 0 Å². The van der Waals surface area contributed by atoms with Crippen LogP contribution in [0.2, 0.25) is 0 Å². The van der Waals surface area contributed by atoms with Crippen molar-refractivity contribution in [1.29, 1.82) is 0 Å². The molecule has 0 radical (unpaired) electrons. The van der Waals surface area contributed by atoms with Gasteiger partial charge in [-0.05, 0) is 50.9 Å². The van der Waals surface area contributed by atoms with E-state index in [2.05, 4.69) is 26.7 Å². The molecule has 0 N–H and O–H groups in total. The summed E-state index contributed by atoms with van der Waals surface area (Å²) in [5, 5.41) is 0. The van der Waals surface area contributed by atoms with Gasteiger partial charge in [-0.15, -0.1) is 0 Å². The molecule has 0 aromatic carbocycles. The van der Waals surface area contributed by atoms with Crippen LogP contribution in [0.5, 0.6) is 0 Å². The standard InChI is InChI=1S/C21H32N4O/c1-3-20-22-14-19(15-23-20)25-10-8-24(9-11-25)18-12-21(13-18)6-4-17(5-7-21)16(2)26/h14-15,17-18H,3-13H2,1-2H3. The molecule has 1 aliphatic heterocycles. The Bertz CT molecular complexity index is 620. The van der Waals surface area contributed by atoms with Crippen LogP contribution >= 0.6 is 0 Å².